The van der Waals surface area contributed by atoms with Crippen LogP contribution in [0.25, 0.3) is 11.0 Å². The second kappa shape index (κ2) is 7.06. The molecule has 1 amide bonds. The van der Waals surface area contributed by atoms with Crippen molar-refractivity contribution in [1.29, 1.82) is 0 Å². The van der Waals surface area contributed by atoms with E-state index >= 15 is 0 Å². The van der Waals surface area contributed by atoms with Crippen LogP contribution in [0.3, 0.4) is 0 Å². The van der Waals surface area contributed by atoms with Crippen molar-refractivity contribution in [2.24, 2.45) is 0 Å². The van der Waals surface area contributed by atoms with Crippen molar-refractivity contribution in [2.75, 3.05) is 11.9 Å². The second-order valence-corrected chi connectivity index (χ2v) is 5.52. The predicted octanol–water partition coefficient (Wildman–Crippen LogP) is 3.03. The molecule has 3 aromatic rings. The summed E-state index contributed by atoms with van der Waals surface area (Å²) in [5.41, 5.74) is 0.542. The first-order valence-corrected chi connectivity index (χ1v) is 7.64. The average Bonchev–Trinajstić information content (AvgIpc) is 2.59. The van der Waals surface area contributed by atoms with E-state index in [2.05, 4.69) is 5.32 Å². The minimum atomic E-state index is -0.579. The van der Waals surface area contributed by atoms with Gasteiger partial charge in [-0.15, -0.1) is 0 Å². The lowest BCUT2D eigenvalue weighted by Crippen LogP contribution is -2.20. The summed E-state index contributed by atoms with van der Waals surface area (Å²) in [5.74, 6) is -0.214. The number of rotatable bonds is 5. The number of nitro benzene ring substituents is 1. The fourth-order valence-corrected chi connectivity index (χ4v) is 2.47. The van der Waals surface area contributed by atoms with Crippen molar-refractivity contribution in [1.82, 2.24) is 0 Å². The van der Waals surface area contributed by atoms with Crippen molar-refractivity contribution in [3.05, 3.63) is 74.6 Å². The van der Waals surface area contributed by atoms with Gasteiger partial charge in [0.15, 0.2) is 6.61 Å². The molecule has 132 valence electrons. The number of hydrogen-bond donors (Lipinski definition) is 1. The van der Waals surface area contributed by atoms with Gasteiger partial charge in [-0.05, 0) is 30.7 Å². The summed E-state index contributed by atoms with van der Waals surface area (Å²) in [5, 5.41) is 14.2. The SMILES string of the molecule is Cc1cc(=O)oc2cc(OCC(=O)Nc3ccccc3[N+](=O)[O-])ccc12. The molecule has 0 fully saturated rings. The lowest BCUT2D eigenvalue weighted by molar-refractivity contribution is -0.383. The maximum Gasteiger partial charge on any atom is 0.336 e. The van der Waals surface area contributed by atoms with Crippen LogP contribution in [0.15, 0.2) is 57.7 Å². The molecular formula is C18H14N2O6. The standard InChI is InChI=1S/C18H14N2O6/c1-11-8-18(22)26-16-9-12(6-7-13(11)16)25-10-17(21)19-14-4-2-3-5-15(14)20(23)24/h2-9H,10H2,1H3,(H,19,21). The molecule has 0 bridgehead atoms. The molecular weight excluding hydrogens is 340 g/mol. The van der Waals surface area contributed by atoms with Gasteiger partial charge in [0.05, 0.1) is 4.92 Å². The van der Waals surface area contributed by atoms with Crippen molar-refractivity contribution in [3.8, 4) is 5.75 Å². The zero-order valence-electron chi connectivity index (χ0n) is 13.7. The Balaban J connectivity index is 1.71. The Kier molecular flexibility index (Phi) is 4.66. The third-order valence-electron chi connectivity index (χ3n) is 3.67. The Morgan fingerprint density at radius 3 is 2.77 bits per heavy atom. The fraction of sp³-hybridized carbons (Fsp3) is 0.111. The molecule has 0 aliphatic rings. The van der Waals surface area contributed by atoms with Crippen molar-refractivity contribution in [3.63, 3.8) is 0 Å². The van der Waals surface area contributed by atoms with Gasteiger partial charge in [0.2, 0.25) is 0 Å². The van der Waals surface area contributed by atoms with Crippen LogP contribution in [0.1, 0.15) is 5.56 Å². The van der Waals surface area contributed by atoms with E-state index < -0.39 is 16.5 Å². The predicted molar refractivity (Wildman–Crippen MR) is 94.4 cm³/mol. The van der Waals surface area contributed by atoms with Gasteiger partial charge in [0.1, 0.15) is 17.0 Å². The van der Waals surface area contributed by atoms with Crippen LogP contribution >= 0.6 is 0 Å². The number of nitro groups is 1. The first-order valence-electron chi connectivity index (χ1n) is 7.64. The summed E-state index contributed by atoms with van der Waals surface area (Å²) in [7, 11) is 0. The number of carbonyl (C=O) groups excluding carboxylic acids is 1. The molecule has 0 saturated carbocycles. The highest BCUT2D eigenvalue weighted by atomic mass is 16.6. The van der Waals surface area contributed by atoms with Crippen LogP contribution in [-0.4, -0.2) is 17.4 Å². The van der Waals surface area contributed by atoms with Crippen molar-refractivity contribution in [2.45, 2.75) is 6.92 Å². The summed E-state index contributed by atoms with van der Waals surface area (Å²) in [6.07, 6.45) is 0. The average molecular weight is 354 g/mol. The van der Waals surface area contributed by atoms with Crippen molar-refractivity contribution >= 4 is 28.3 Å². The van der Waals surface area contributed by atoms with Gasteiger partial charge in [0, 0.05) is 23.6 Å². The largest absolute Gasteiger partial charge is 0.484 e. The molecule has 1 heterocycles. The Hall–Kier alpha value is -3.68. The molecule has 26 heavy (non-hydrogen) atoms. The summed E-state index contributed by atoms with van der Waals surface area (Å²) < 4.78 is 10.5. The highest BCUT2D eigenvalue weighted by molar-refractivity contribution is 5.94. The number of anilines is 1. The van der Waals surface area contributed by atoms with E-state index in [-0.39, 0.29) is 18.0 Å². The van der Waals surface area contributed by atoms with Crippen LogP contribution in [0.4, 0.5) is 11.4 Å². The van der Waals surface area contributed by atoms with E-state index in [9.17, 15) is 19.7 Å². The summed E-state index contributed by atoms with van der Waals surface area (Å²) in [6.45, 7) is 1.44. The number of hydrogen-bond acceptors (Lipinski definition) is 6. The number of carbonyl (C=O) groups is 1. The van der Waals surface area contributed by atoms with Gasteiger partial charge in [-0.25, -0.2) is 4.79 Å². The maximum atomic E-state index is 12.0. The molecule has 0 aliphatic heterocycles. The lowest BCUT2D eigenvalue weighted by atomic mass is 10.1. The molecule has 0 saturated heterocycles. The summed E-state index contributed by atoms with van der Waals surface area (Å²) >= 11 is 0. The molecule has 1 aromatic heterocycles. The quantitative estimate of drug-likeness (QED) is 0.428. The smallest absolute Gasteiger partial charge is 0.336 e. The molecule has 8 heteroatoms. The van der Waals surface area contributed by atoms with Gasteiger partial charge >= 0.3 is 5.63 Å². The summed E-state index contributed by atoms with van der Waals surface area (Å²) in [4.78, 5) is 33.8. The second-order valence-electron chi connectivity index (χ2n) is 5.52. The first-order chi connectivity index (χ1) is 12.4. The number of nitrogens with one attached hydrogen (secondary N) is 1. The van der Waals surface area contributed by atoms with Crippen molar-refractivity contribution < 1.29 is 18.9 Å². The highest BCUT2D eigenvalue weighted by Gasteiger charge is 2.15. The number of benzene rings is 2. The van der Waals surface area contributed by atoms with Gasteiger partial charge < -0.3 is 14.5 Å². The molecule has 0 spiro atoms. The Morgan fingerprint density at radius 1 is 1.23 bits per heavy atom. The minimum absolute atomic E-state index is 0.0891. The third kappa shape index (κ3) is 3.69. The molecule has 0 unspecified atom stereocenters. The van der Waals surface area contributed by atoms with Gasteiger partial charge in [-0.1, -0.05) is 12.1 Å². The zero-order valence-corrected chi connectivity index (χ0v) is 13.7. The van der Waals surface area contributed by atoms with Gasteiger partial charge in [-0.3, -0.25) is 14.9 Å². The number of nitrogens with zero attached hydrogens (tertiary/aromatic N) is 1. The van der Waals surface area contributed by atoms with Crippen LogP contribution in [-0.2, 0) is 4.79 Å². The van der Waals surface area contributed by atoms with E-state index in [1.54, 1.807) is 25.1 Å². The highest BCUT2D eigenvalue weighted by Crippen LogP contribution is 2.24. The Labute approximate surface area is 147 Å². The number of aryl methyl sites for hydroxylation is 1. The molecule has 1 N–H and O–H groups in total. The topological polar surface area (TPSA) is 112 Å². The van der Waals surface area contributed by atoms with Gasteiger partial charge in [0.25, 0.3) is 11.6 Å². The van der Waals surface area contributed by atoms with E-state index in [1.165, 1.54) is 30.3 Å². The molecule has 8 nitrogen and oxygen atoms in total. The van der Waals surface area contributed by atoms with Crippen LogP contribution in [0.2, 0.25) is 0 Å². The Morgan fingerprint density at radius 2 is 2.00 bits per heavy atom. The van der Waals surface area contributed by atoms with Crippen LogP contribution in [0, 0.1) is 17.0 Å². The molecule has 2 aromatic carbocycles. The minimum Gasteiger partial charge on any atom is -0.484 e. The number of amides is 1. The number of ether oxygens (including phenoxy) is 1. The van der Waals surface area contributed by atoms with Gasteiger partial charge in [-0.2, -0.15) is 0 Å². The molecule has 0 atom stereocenters. The Bertz CT molecular complexity index is 1060. The van der Waals surface area contributed by atoms with Crippen LogP contribution in [0.5, 0.6) is 5.75 Å². The third-order valence-corrected chi connectivity index (χ3v) is 3.67. The maximum absolute atomic E-state index is 12.0. The van der Waals surface area contributed by atoms with E-state index in [1.807, 2.05) is 0 Å². The monoisotopic (exact) mass is 354 g/mol. The molecule has 0 aliphatic carbocycles. The number of para-hydroxylation sites is 2. The van der Waals surface area contributed by atoms with E-state index in [0.29, 0.717) is 11.3 Å². The zero-order chi connectivity index (χ0) is 18.7. The molecule has 3 rings (SSSR count). The normalized spacial score (nSPS) is 10.5. The fourth-order valence-electron chi connectivity index (χ4n) is 2.47. The first kappa shape index (κ1) is 17.2. The lowest BCUT2D eigenvalue weighted by Gasteiger charge is -2.08. The van der Waals surface area contributed by atoms with E-state index in [0.717, 1.165) is 10.9 Å². The van der Waals surface area contributed by atoms with Crippen LogP contribution < -0.4 is 15.7 Å². The summed E-state index contributed by atoms with van der Waals surface area (Å²) in [6, 6.07) is 12.1. The molecule has 0 radical (unpaired) electrons. The number of fused-ring (bicyclic) bond motifs is 1. The van der Waals surface area contributed by atoms with E-state index in [4.69, 9.17) is 9.15 Å².